The summed E-state index contributed by atoms with van der Waals surface area (Å²) < 4.78 is 0. The average molecular weight is 393 g/mol. The molecule has 2 aromatic carbocycles. The van der Waals surface area contributed by atoms with Gasteiger partial charge in [-0.3, -0.25) is 0 Å². The van der Waals surface area contributed by atoms with E-state index >= 15 is 0 Å². The summed E-state index contributed by atoms with van der Waals surface area (Å²) in [5.74, 6) is 0. The second kappa shape index (κ2) is 11.4. The number of hydrogen-bond acceptors (Lipinski definition) is 2. The molecule has 0 N–H and O–H groups in total. The second-order valence-corrected chi connectivity index (χ2v) is 8.52. The van der Waals surface area contributed by atoms with E-state index in [1.807, 2.05) is 0 Å². The van der Waals surface area contributed by atoms with Crippen molar-refractivity contribution in [1.29, 1.82) is 0 Å². The van der Waals surface area contributed by atoms with E-state index in [0.717, 1.165) is 19.6 Å². The summed E-state index contributed by atoms with van der Waals surface area (Å²) in [5, 5.41) is 0. The van der Waals surface area contributed by atoms with E-state index in [-0.39, 0.29) is 0 Å². The largest absolute Gasteiger partial charge is 0.368 e. The lowest BCUT2D eigenvalue weighted by atomic mass is 10.0. The molecule has 1 aliphatic carbocycles. The molecular formula is C27H40N2. The summed E-state index contributed by atoms with van der Waals surface area (Å²) >= 11 is 0. The van der Waals surface area contributed by atoms with Gasteiger partial charge >= 0.3 is 0 Å². The molecule has 0 bridgehead atoms. The highest BCUT2D eigenvalue weighted by molar-refractivity contribution is 5.49. The van der Waals surface area contributed by atoms with Crippen molar-refractivity contribution < 1.29 is 0 Å². The molecule has 0 saturated heterocycles. The maximum absolute atomic E-state index is 2.70. The summed E-state index contributed by atoms with van der Waals surface area (Å²) in [6.07, 6.45) is 8.97. The number of anilines is 1. The SMILES string of the molecule is CCCCC[C@@H](CCN(c1ccccc1)C1Cc2ccccc2C1)N(CC)CC. The predicted molar refractivity (Wildman–Crippen MR) is 127 cm³/mol. The molecular weight excluding hydrogens is 352 g/mol. The molecule has 2 nitrogen and oxygen atoms in total. The molecule has 3 rings (SSSR count). The Morgan fingerprint density at radius 3 is 2.00 bits per heavy atom. The molecule has 2 aromatic rings. The van der Waals surface area contributed by atoms with Gasteiger partial charge in [0, 0.05) is 24.3 Å². The van der Waals surface area contributed by atoms with Crippen LogP contribution < -0.4 is 4.90 Å². The normalized spacial score (nSPS) is 14.9. The summed E-state index contributed by atoms with van der Waals surface area (Å²) in [6, 6.07) is 21.4. The zero-order valence-electron chi connectivity index (χ0n) is 18.8. The van der Waals surface area contributed by atoms with Gasteiger partial charge in [-0.2, -0.15) is 0 Å². The molecule has 0 spiro atoms. The van der Waals surface area contributed by atoms with Crippen LogP contribution in [0.15, 0.2) is 54.6 Å². The van der Waals surface area contributed by atoms with Crippen LogP contribution in [0.1, 0.15) is 64.0 Å². The van der Waals surface area contributed by atoms with Crippen molar-refractivity contribution in [3.8, 4) is 0 Å². The highest BCUT2D eigenvalue weighted by Crippen LogP contribution is 2.29. The van der Waals surface area contributed by atoms with Gasteiger partial charge in [-0.1, -0.05) is 82.5 Å². The number of rotatable bonds is 12. The zero-order valence-corrected chi connectivity index (χ0v) is 18.8. The van der Waals surface area contributed by atoms with E-state index in [4.69, 9.17) is 0 Å². The van der Waals surface area contributed by atoms with Crippen molar-refractivity contribution in [1.82, 2.24) is 4.90 Å². The van der Waals surface area contributed by atoms with Crippen molar-refractivity contribution in [3.63, 3.8) is 0 Å². The number of benzene rings is 2. The van der Waals surface area contributed by atoms with Crippen LogP contribution in [-0.4, -0.2) is 36.6 Å². The first-order chi connectivity index (χ1) is 14.3. The Morgan fingerprint density at radius 1 is 0.793 bits per heavy atom. The first-order valence-electron chi connectivity index (χ1n) is 11.9. The third-order valence-electron chi connectivity index (χ3n) is 6.73. The van der Waals surface area contributed by atoms with Crippen LogP contribution in [0, 0.1) is 0 Å². The van der Waals surface area contributed by atoms with Crippen LogP contribution in [0.4, 0.5) is 5.69 Å². The fraction of sp³-hybridized carbons (Fsp3) is 0.556. The summed E-state index contributed by atoms with van der Waals surface area (Å²) in [5.41, 5.74) is 4.47. The Morgan fingerprint density at radius 2 is 1.41 bits per heavy atom. The number of fused-ring (bicyclic) bond motifs is 1. The smallest absolute Gasteiger partial charge is 0.0370 e. The van der Waals surface area contributed by atoms with Crippen LogP contribution in [0.25, 0.3) is 0 Å². The van der Waals surface area contributed by atoms with Crippen molar-refractivity contribution in [2.75, 3.05) is 24.5 Å². The average Bonchev–Trinajstić information content (AvgIpc) is 3.19. The van der Waals surface area contributed by atoms with Gasteiger partial charge in [0.1, 0.15) is 0 Å². The zero-order chi connectivity index (χ0) is 20.5. The molecule has 0 unspecified atom stereocenters. The van der Waals surface area contributed by atoms with Gasteiger partial charge < -0.3 is 9.80 Å². The monoisotopic (exact) mass is 392 g/mol. The van der Waals surface area contributed by atoms with E-state index in [2.05, 4.69) is 85.2 Å². The predicted octanol–water partition coefficient (Wildman–Crippen LogP) is 6.34. The minimum atomic E-state index is 0.586. The van der Waals surface area contributed by atoms with Crippen LogP contribution in [0.2, 0.25) is 0 Å². The third kappa shape index (κ3) is 5.85. The Hall–Kier alpha value is -1.80. The fourth-order valence-electron chi connectivity index (χ4n) is 5.07. The van der Waals surface area contributed by atoms with Gasteiger partial charge in [-0.15, -0.1) is 0 Å². The second-order valence-electron chi connectivity index (χ2n) is 8.52. The topological polar surface area (TPSA) is 6.48 Å². The first-order valence-corrected chi connectivity index (χ1v) is 11.9. The molecule has 0 saturated carbocycles. The Kier molecular flexibility index (Phi) is 8.61. The summed E-state index contributed by atoms with van der Waals surface area (Å²) in [4.78, 5) is 5.39. The van der Waals surface area contributed by atoms with Crippen molar-refractivity contribution >= 4 is 5.69 Å². The number of hydrogen-bond donors (Lipinski definition) is 0. The standard InChI is InChI=1S/C27H40N2/c1-4-7-9-16-25(28(5-2)6-3)19-20-29(26-17-10-8-11-18-26)27-21-23-14-12-13-15-24(23)22-27/h8,10-15,17-18,25,27H,4-7,9,16,19-22H2,1-3H3/t25-/m0/s1. The molecule has 2 heteroatoms. The molecule has 0 aliphatic heterocycles. The summed E-state index contributed by atoms with van der Waals surface area (Å²) in [6.45, 7) is 10.4. The van der Waals surface area contributed by atoms with Gasteiger partial charge in [0.05, 0.1) is 0 Å². The molecule has 158 valence electrons. The lowest BCUT2D eigenvalue weighted by Gasteiger charge is -2.36. The number of nitrogens with zero attached hydrogens (tertiary/aromatic N) is 2. The minimum absolute atomic E-state index is 0.586. The van der Waals surface area contributed by atoms with Gasteiger partial charge in [0.2, 0.25) is 0 Å². The molecule has 0 heterocycles. The van der Waals surface area contributed by atoms with E-state index in [1.54, 1.807) is 11.1 Å². The van der Waals surface area contributed by atoms with Crippen molar-refractivity contribution in [2.45, 2.75) is 77.8 Å². The van der Waals surface area contributed by atoms with E-state index in [0.29, 0.717) is 12.1 Å². The molecule has 0 radical (unpaired) electrons. The third-order valence-corrected chi connectivity index (χ3v) is 6.73. The maximum atomic E-state index is 2.70. The first kappa shape index (κ1) is 21.9. The Balaban J connectivity index is 1.72. The van der Waals surface area contributed by atoms with Crippen LogP contribution in [-0.2, 0) is 12.8 Å². The molecule has 0 fully saturated rings. The lowest BCUT2D eigenvalue weighted by molar-refractivity contribution is 0.192. The van der Waals surface area contributed by atoms with Gasteiger partial charge in [0.25, 0.3) is 0 Å². The molecule has 0 aromatic heterocycles. The van der Waals surface area contributed by atoms with E-state index in [1.165, 1.54) is 50.6 Å². The number of para-hydroxylation sites is 1. The highest BCUT2D eigenvalue weighted by Gasteiger charge is 2.27. The highest BCUT2D eigenvalue weighted by atomic mass is 15.2. The summed E-state index contributed by atoms with van der Waals surface area (Å²) in [7, 11) is 0. The van der Waals surface area contributed by atoms with E-state index in [9.17, 15) is 0 Å². The van der Waals surface area contributed by atoms with Gasteiger partial charge in [-0.25, -0.2) is 0 Å². The molecule has 1 aliphatic rings. The van der Waals surface area contributed by atoms with Gasteiger partial charge in [-0.05, 0) is 62.0 Å². The minimum Gasteiger partial charge on any atom is -0.368 e. The van der Waals surface area contributed by atoms with Crippen molar-refractivity contribution in [2.24, 2.45) is 0 Å². The van der Waals surface area contributed by atoms with Crippen LogP contribution >= 0.6 is 0 Å². The molecule has 0 amide bonds. The van der Waals surface area contributed by atoms with Crippen LogP contribution in [0.5, 0.6) is 0 Å². The van der Waals surface area contributed by atoms with E-state index < -0.39 is 0 Å². The lowest BCUT2D eigenvalue weighted by Crippen LogP contribution is -2.42. The van der Waals surface area contributed by atoms with Gasteiger partial charge in [0.15, 0.2) is 0 Å². The Bertz CT molecular complexity index is 682. The van der Waals surface area contributed by atoms with Crippen molar-refractivity contribution in [3.05, 3.63) is 65.7 Å². The maximum Gasteiger partial charge on any atom is 0.0370 e. The Labute approximate surface area is 178 Å². The quantitative estimate of drug-likeness (QED) is 0.389. The number of unbranched alkanes of at least 4 members (excludes halogenated alkanes) is 2. The molecule has 29 heavy (non-hydrogen) atoms. The fourth-order valence-corrected chi connectivity index (χ4v) is 5.07. The van der Waals surface area contributed by atoms with Crippen LogP contribution in [0.3, 0.4) is 0 Å². The molecule has 1 atom stereocenters.